The minimum atomic E-state index is 0.0217. The van der Waals surface area contributed by atoms with Crippen LogP contribution in [0.2, 0.25) is 0 Å². The Kier molecular flexibility index (Phi) is 5.38. The van der Waals surface area contributed by atoms with E-state index < -0.39 is 0 Å². The molecule has 4 nitrogen and oxygen atoms in total. The molecule has 0 radical (unpaired) electrons. The first-order chi connectivity index (χ1) is 9.70. The van der Waals surface area contributed by atoms with Gasteiger partial charge in [0.05, 0.1) is 11.6 Å². The number of benzene rings is 1. The molecular weight excluding hydrogens is 270 g/mol. The average molecular weight is 289 g/mol. The van der Waals surface area contributed by atoms with Crippen LogP contribution in [-0.4, -0.2) is 16.6 Å². The Bertz CT molecular complexity index is 546. The lowest BCUT2D eigenvalue weighted by Gasteiger charge is -2.13. The summed E-state index contributed by atoms with van der Waals surface area (Å²) in [5.74, 6) is 1.71. The van der Waals surface area contributed by atoms with E-state index >= 15 is 0 Å². The van der Waals surface area contributed by atoms with Crippen LogP contribution >= 0.6 is 11.8 Å². The topological polar surface area (TPSA) is 61.0 Å². The highest BCUT2D eigenvalue weighted by Gasteiger charge is 2.08. The second-order valence-electron chi connectivity index (χ2n) is 4.43. The fourth-order valence-electron chi connectivity index (χ4n) is 1.81. The van der Waals surface area contributed by atoms with Crippen molar-refractivity contribution in [1.82, 2.24) is 9.97 Å². The number of ether oxygens (including phenoxy) is 1. The first kappa shape index (κ1) is 14.8. The highest BCUT2D eigenvalue weighted by Crippen LogP contribution is 2.29. The van der Waals surface area contributed by atoms with E-state index in [1.54, 1.807) is 24.3 Å². The molecule has 0 saturated heterocycles. The van der Waals surface area contributed by atoms with Crippen LogP contribution in [-0.2, 0) is 5.75 Å². The highest BCUT2D eigenvalue weighted by molar-refractivity contribution is 7.98. The van der Waals surface area contributed by atoms with E-state index in [1.807, 2.05) is 32.0 Å². The van der Waals surface area contributed by atoms with Gasteiger partial charge < -0.3 is 10.5 Å². The Morgan fingerprint density at radius 3 is 2.85 bits per heavy atom. The van der Waals surface area contributed by atoms with Crippen LogP contribution in [0, 0.1) is 0 Å². The van der Waals surface area contributed by atoms with Gasteiger partial charge in [-0.1, -0.05) is 6.07 Å². The molecule has 1 heterocycles. The average Bonchev–Trinajstić information content (AvgIpc) is 2.47. The molecule has 0 saturated carbocycles. The lowest BCUT2D eigenvalue weighted by molar-refractivity contribution is 0.337. The van der Waals surface area contributed by atoms with Gasteiger partial charge in [-0.2, -0.15) is 0 Å². The van der Waals surface area contributed by atoms with Gasteiger partial charge in [-0.3, -0.25) is 0 Å². The molecule has 1 aromatic carbocycles. The van der Waals surface area contributed by atoms with Gasteiger partial charge in [0, 0.05) is 23.6 Å². The second kappa shape index (κ2) is 7.26. The summed E-state index contributed by atoms with van der Waals surface area (Å²) in [6.07, 6.45) is 3.31. The quantitative estimate of drug-likeness (QED) is 0.653. The number of hydrogen-bond acceptors (Lipinski definition) is 5. The summed E-state index contributed by atoms with van der Waals surface area (Å²) in [5, 5.41) is 0.952. The molecule has 0 aliphatic carbocycles. The number of aromatic nitrogens is 2. The maximum Gasteiger partial charge on any atom is 0.123 e. The summed E-state index contributed by atoms with van der Waals surface area (Å²) in [6, 6.07) is 8.06. The largest absolute Gasteiger partial charge is 0.494 e. The Balaban J connectivity index is 2.16. The molecule has 0 spiro atoms. The van der Waals surface area contributed by atoms with Gasteiger partial charge in [0.15, 0.2) is 0 Å². The van der Waals surface area contributed by atoms with Crippen LogP contribution in [0.3, 0.4) is 0 Å². The van der Waals surface area contributed by atoms with E-state index in [2.05, 4.69) is 16.0 Å². The minimum absolute atomic E-state index is 0.0217. The number of nitrogens with two attached hydrogens (primary N) is 1. The fourth-order valence-corrected chi connectivity index (χ4v) is 2.62. The molecule has 0 aliphatic rings. The summed E-state index contributed by atoms with van der Waals surface area (Å²) in [7, 11) is 0. The van der Waals surface area contributed by atoms with E-state index in [0.717, 1.165) is 27.7 Å². The molecule has 1 atom stereocenters. The Labute approximate surface area is 123 Å². The lowest BCUT2D eigenvalue weighted by atomic mass is 10.1. The Morgan fingerprint density at radius 1 is 1.35 bits per heavy atom. The Morgan fingerprint density at radius 2 is 2.20 bits per heavy atom. The maximum absolute atomic E-state index is 5.95. The van der Waals surface area contributed by atoms with Crippen LogP contribution in [0.25, 0.3) is 0 Å². The summed E-state index contributed by atoms with van der Waals surface area (Å²) in [4.78, 5) is 8.13. The van der Waals surface area contributed by atoms with Gasteiger partial charge in [0.1, 0.15) is 12.1 Å². The highest BCUT2D eigenvalue weighted by atomic mass is 32.2. The van der Waals surface area contributed by atoms with Crippen molar-refractivity contribution in [2.75, 3.05) is 6.61 Å². The minimum Gasteiger partial charge on any atom is -0.494 e. The molecule has 5 heteroatoms. The van der Waals surface area contributed by atoms with Crippen molar-refractivity contribution in [2.45, 2.75) is 30.7 Å². The van der Waals surface area contributed by atoms with E-state index in [9.17, 15) is 0 Å². The molecule has 2 N–H and O–H groups in total. The Hall–Kier alpha value is -1.59. The number of thioether (sulfide) groups is 1. The van der Waals surface area contributed by atoms with Crippen molar-refractivity contribution in [1.29, 1.82) is 0 Å². The fraction of sp³-hybridized carbons (Fsp3) is 0.333. The van der Waals surface area contributed by atoms with Gasteiger partial charge in [0.2, 0.25) is 0 Å². The molecule has 0 fully saturated rings. The number of hydrogen-bond donors (Lipinski definition) is 1. The molecule has 2 rings (SSSR count). The van der Waals surface area contributed by atoms with Gasteiger partial charge in [-0.15, -0.1) is 11.8 Å². The van der Waals surface area contributed by atoms with Crippen molar-refractivity contribution >= 4 is 11.8 Å². The zero-order chi connectivity index (χ0) is 14.4. The van der Waals surface area contributed by atoms with Crippen LogP contribution in [0.15, 0.2) is 41.8 Å². The maximum atomic E-state index is 5.95. The molecule has 2 aromatic rings. The SMILES string of the molecule is CCOc1ccc(C(C)N)cc1CSc1ccncn1. The summed E-state index contributed by atoms with van der Waals surface area (Å²) in [5.41, 5.74) is 8.21. The zero-order valence-corrected chi connectivity index (χ0v) is 12.6. The standard InChI is InChI=1S/C15H19N3OS/c1-3-19-14-5-4-12(11(2)16)8-13(14)9-20-15-6-7-17-10-18-15/h4-8,10-11H,3,9,16H2,1-2H3. The van der Waals surface area contributed by atoms with Crippen molar-refractivity contribution < 1.29 is 4.74 Å². The summed E-state index contributed by atoms with van der Waals surface area (Å²) in [6.45, 7) is 4.63. The lowest BCUT2D eigenvalue weighted by Crippen LogP contribution is -2.06. The van der Waals surface area contributed by atoms with Crippen LogP contribution in [0.1, 0.15) is 31.0 Å². The first-order valence-electron chi connectivity index (χ1n) is 6.60. The molecule has 20 heavy (non-hydrogen) atoms. The molecular formula is C15H19N3OS. The van der Waals surface area contributed by atoms with Gasteiger partial charge in [0.25, 0.3) is 0 Å². The molecule has 1 aromatic heterocycles. The van der Waals surface area contributed by atoms with Crippen molar-refractivity contribution in [3.63, 3.8) is 0 Å². The second-order valence-corrected chi connectivity index (χ2v) is 5.42. The van der Waals surface area contributed by atoms with Crippen LogP contribution in [0.5, 0.6) is 5.75 Å². The van der Waals surface area contributed by atoms with Gasteiger partial charge in [-0.25, -0.2) is 9.97 Å². The monoisotopic (exact) mass is 289 g/mol. The summed E-state index contributed by atoms with van der Waals surface area (Å²) >= 11 is 1.66. The molecule has 0 aliphatic heterocycles. The van der Waals surface area contributed by atoms with Crippen LogP contribution in [0.4, 0.5) is 0 Å². The van der Waals surface area contributed by atoms with E-state index in [0.29, 0.717) is 6.61 Å². The molecule has 106 valence electrons. The third kappa shape index (κ3) is 3.95. The summed E-state index contributed by atoms with van der Waals surface area (Å²) < 4.78 is 5.67. The zero-order valence-electron chi connectivity index (χ0n) is 11.7. The van der Waals surface area contributed by atoms with Gasteiger partial charge >= 0.3 is 0 Å². The predicted molar refractivity (Wildman–Crippen MR) is 81.8 cm³/mol. The predicted octanol–water partition coefficient (Wildman–Crippen LogP) is 3.19. The van der Waals surface area contributed by atoms with Crippen molar-refractivity contribution in [3.05, 3.63) is 47.9 Å². The first-order valence-corrected chi connectivity index (χ1v) is 7.59. The molecule has 1 unspecified atom stereocenters. The van der Waals surface area contributed by atoms with E-state index in [4.69, 9.17) is 10.5 Å². The van der Waals surface area contributed by atoms with Crippen molar-refractivity contribution in [2.24, 2.45) is 5.73 Å². The van der Waals surface area contributed by atoms with Gasteiger partial charge in [-0.05, 0) is 37.6 Å². The number of rotatable bonds is 6. The van der Waals surface area contributed by atoms with Crippen molar-refractivity contribution in [3.8, 4) is 5.75 Å². The van der Waals surface area contributed by atoms with Crippen LogP contribution < -0.4 is 10.5 Å². The van der Waals surface area contributed by atoms with E-state index in [1.165, 1.54) is 0 Å². The smallest absolute Gasteiger partial charge is 0.123 e. The number of nitrogens with zero attached hydrogens (tertiary/aromatic N) is 2. The third-order valence-corrected chi connectivity index (χ3v) is 3.83. The molecule has 0 bridgehead atoms. The van der Waals surface area contributed by atoms with E-state index in [-0.39, 0.29) is 6.04 Å². The third-order valence-electron chi connectivity index (χ3n) is 2.84. The molecule has 0 amide bonds. The normalized spacial score (nSPS) is 12.2.